The van der Waals surface area contributed by atoms with Gasteiger partial charge in [-0.2, -0.15) is 0 Å². The molecule has 0 fully saturated rings. The first-order chi connectivity index (χ1) is 11.3. The van der Waals surface area contributed by atoms with E-state index in [0.717, 1.165) is 0 Å². The fourth-order valence-electron chi connectivity index (χ4n) is 2.41. The van der Waals surface area contributed by atoms with Crippen molar-refractivity contribution in [2.24, 2.45) is 0 Å². The summed E-state index contributed by atoms with van der Waals surface area (Å²) >= 11 is -2.83. The second-order valence-electron chi connectivity index (χ2n) is 5.15. The van der Waals surface area contributed by atoms with Crippen molar-refractivity contribution in [1.82, 2.24) is 0 Å². The zero-order valence-electron chi connectivity index (χ0n) is 12.7. The summed E-state index contributed by atoms with van der Waals surface area (Å²) in [5, 5.41) is 9.30. The molecule has 0 bridgehead atoms. The summed E-state index contributed by atoms with van der Waals surface area (Å²) in [6.07, 6.45) is 2.89. The van der Waals surface area contributed by atoms with Crippen LogP contribution in [-0.2, 0) is 22.4 Å². The Hall–Kier alpha value is -0.740. The molecule has 2 unspecified atom stereocenters. The molecule has 1 N–H and O–H groups in total. The van der Waals surface area contributed by atoms with Gasteiger partial charge >= 0.3 is 43.7 Å². The zero-order valence-corrected chi connectivity index (χ0v) is 14.3. The predicted octanol–water partition coefficient (Wildman–Crippen LogP) is 1.20. The van der Waals surface area contributed by atoms with Crippen molar-refractivity contribution >= 4 is 88.0 Å². The number of carboxylic acids is 1. The molecule has 0 aliphatic heterocycles. The van der Waals surface area contributed by atoms with E-state index >= 15 is 0 Å². The van der Waals surface area contributed by atoms with E-state index in [2.05, 4.69) is 0 Å². The van der Waals surface area contributed by atoms with Gasteiger partial charge in [-0.15, -0.1) is 0 Å². The van der Waals surface area contributed by atoms with Crippen LogP contribution in [0.4, 0.5) is 0 Å². The summed E-state index contributed by atoms with van der Waals surface area (Å²) in [7, 11) is 0. The summed E-state index contributed by atoms with van der Waals surface area (Å²) in [4.78, 5) is 24.5. The molecule has 0 amide bonds. The van der Waals surface area contributed by atoms with Crippen LogP contribution < -0.4 is 5.43 Å². The van der Waals surface area contributed by atoms with Crippen LogP contribution in [0.15, 0.2) is 49.3 Å². The predicted molar refractivity (Wildman–Crippen MR) is 100 cm³/mol. The normalized spacial score (nSPS) is 13.4. The molecule has 3 rings (SSSR count). The number of carbonyl (C=O) groups is 1. The molecule has 0 saturated carbocycles. The van der Waals surface area contributed by atoms with Crippen LogP contribution in [0.5, 0.6) is 0 Å². The molecular weight excluding hydrogens is 392 g/mol. The third kappa shape index (κ3) is 3.85. The fourth-order valence-corrected chi connectivity index (χ4v) is 3.76. The van der Waals surface area contributed by atoms with E-state index < -0.39 is 33.7 Å². The zero-order chi connectivity index (χ0) is 17.6. The maximum absolute atomic E-state index is 12.8. The van der Waals surface area contributed by atoms with Gasteiger partial charge in [0, 0.05) is 6.07 Å². The molecule has 6 nitrogen and oxygen atoms in total. The molecule has 2 atom stereocenters. The van der Waals surface area contributed by atoms with Gasteiger partial charge in [-0.1, -0.05) is 0 Å². The number of hydrogen-bond acceptors (Lipinski definition) is 5. The summed E-state index contributed by atoms with van der Waals surface area (Å²) in [5.74, 6) is -1.16. The average Bonchev–Trinajstić information content (AvgIpc) is 2.53. The molecule has 1 heterocycles. The second kappa shape index (κ2) is 7.87. The number of aromatic carboxylic acids is 1. The number of hydrogen-bond donors (Lipinski definition) is 1. The Morgan fingerprint density at radius 3 is 2.32 bits per heavy atom. The SMILES string of the molecule is C[S+]([O-])c1cc([S+](C)[O-])c2oc3ccc(C(=O)O)cc3c(=O)c2c1.[CaH2]. The van der Waals surface area contributed by atoms with Crippen LogP contribution in [0, 0.1) is 0 Å². The number of rotatable bonds is 3. The molecule has 0 spiro atoms. The minimum absolute atomic E-state index is 0. The van der Waals surface area contributed by atoms with Crippen LogP contribution in [0.2, 0.25) is 0 Å². The molecule has 128 valence electrons. The van der Waals surface area contributed by atoms with Gasteiger partial charge in [-0.25, -0.2) is 4.79 Å². The van der Waals surface area contributed by atoms with Gasteiger partial charge in [-0.05, 0) is 40.6 Å². The maximum atomic E-state index is 12.8. The van der Waals surface area contributed by atoms with Crippen molar-refractivity contribution in [3.05, 3.63) is 46.1 Å². The van der Waals surface area contributed by atoms with Gasteiger partial charge in [0.15, 0.2) is 10.5 Å². The molecule has 25 heavy (non-hydrogen) atoms. The summed E-state index contributed by atoms with van der Waals surface area (Å²) < 4.78 is 29.5. The summed E-state index contributed by atoms with van der Waals surface area (Å²) in [6.45, 7) is 0. The third-order valence-corrected chi connectivity index (χ3v) is 5.42. The Morgan fingerprint density at radius 1 is 1.08 bits per heavy atom. The third-order valence-electron chi connectivity index (χ3n) is 3.60. The minimum atomic E-state index is -1.45. The second-order valence-corrected chi connectivity index (χ2v) is 7.88. The molecule has 1 aromatic heterocycles. The van der Waals surface area contributed by atoms with E-state index in [-0.39, 0.29) is 70.1 Å². The molecule has 0 aliphatic carbocycles. The van der Waals surface area contributed by atoms with Crippen molar-refractivity contribution in [1.29, 1.82) is 0 Å². The Bertz CT molecular complexity index is 1030. The van der Waals surface area contributed by atoms with Gasteiger partial charge < -0.3 is 18.6 Å². The number of carboxylic acid groups (broad SMARTS) is 1. The fraction of sp³-hybridized carbons (Fsp3) is 0.125. The number of benzene rings is 2. The first kappa shape index (κ1) is 20.6. The van der Waals surface area contributed by atoms with E-state index in [9.17, 15) is 18.7 Å². The van der Waals surface area contributed by atoms with Gasteiger partial charge in [0.25, 0.3) is 0 Å². The standard InChI is InChI=1S/C16H12O6S2.Ca.2H/c1-23(20)9-6-11-14(17)10-5-8(16(18)19)3-4-12(10)22-15(11)13(7-9)24(2)21;;;/h3-7H,1-2H3,(H,18,19);;;. The quantitative estimate of drug-likeness (QED) is 0.397. The molecule has 0 aliphatic rings. The van der Waals surface area contributed by atoms with Crippen LogP contribution >= 0.6 is 0 Å². The molecular formula is C16H14CaO6S2. The van der Waals surface area contributed by atoms with Crippen molar-refractivity contribution in [2.45, 2.75) is 9.79 Å². The van der Waals surface area contributed by atoms with E-state index in [1.54, 1.807) is 0 Å². The topological polar surface area (TPSA) is 114 Å². The van der Waals surface area contributed by atoms with E-state index in [0.29, 0.717) is 4.90 Å². The molecule has 3 aromatic rings. The van der Waals surface area contributed by atoms with Crippen LogP contribution in [-0.4, -0.2) is 70.4 Å². The molecule has 9 heteroatoms. The van der Waals surface area contributed by atoms with Crippen LogP contribution in [0.25, 0.3) is 21.9 Å². The van der Waals surface area contributed by atoms with E-state index in [1.165, 1.54) is 42.8 Å². The Labute approximate surface area is 178 Å². The molecule has 2 aromatic carbocycles. The van der Waals surface area contributed by atoms with Gasteiger partial charge in [0.05, 0.1) is 22.4 Å². The van der Waals surface area contributed by atoms with Crippen molar-refractivity contribution < 1.29 is 23.4 Å². The summed E-state index contributed by atoms with van der Waals surface area (Å²) in [5.41, 5.74) is -0.128. The van der Waals surface area contributed by atoms with Crippen LogP contribution in [0.3, 0.4) is 0 Å². The van der Waals surface area contributed by atoms with E-state index in [4.69, 9.17) is 9.52 Å². The number of fused-ring (bicyclic) bond motifs is 2. The first-order valence-corrected chi connectivity index (χ1v) is 9.86. The monoisotopic (exact) mass is 406 g/mol. The first-order valence-electron chi connectivity index (χ1n) is 6.74. The van der Waals surface area contributed by atoms with Crippen molar-refractivity contribution in [3.8, 4) is 0 Å². The van der Waals surface area contributed by atoms with Crippen molar-refractivity contribution in [3.63, 3.8) is 0 Å². The summed E-state index contributed by atoms with van der Waals surface area (Å²) in [6, 6.07) is 6.89. The van der Waals surface area contributed by atoms with Gasteiger partial charge in [0.2, 0.25) is 10.3 Å². The Kier molecular flexibility index (Phi) is 6.48. The average molecular weight is 406 g/mol. The van der Waals surface area contributed by atoms with Crippen LogP contribution in [0.1, 0.15) is 10.4 Å². The van der Waals surface area contributed by atoms with Gasteiger partial charge in [-0.3, -0.25) is 4.79 Å². The Morgan fingerprint density at radius 2 is 1.76 bits per heavy atom. The van der Waals surface area contributed by atoms with Gasteiger partial charge in [0.1, 0.15) is 18.1 Å². The molecule has 0 radical (unpaired) electrons. The van der Waals surface area contributed by atoms with Crippen molar-refractivity contribution in [2.75, 3.05) is 12.5 Å². The molecule has 0 saturated heterocycles. The van der Waals surface area contributed by atoms with E-state index in [1.807, 2.05) is 0 Å². The Balaban J connectivity index is 0.00000225.